The van der Waals surface area contributed by atoms with Gasteiger partial charge in [0, 0.05) is 17.4 Å². The molecule has 1 aromatic carbocycles. The molecule has 0 saturated carbocycles. The second-order valence-corrected chi connectivity index (χ2v) is 7.14. The highest BCUT2D eigenvalue weighted by Crippen LogP contribution is 2.26. The lowest BCUT2D eigenvalue weighted by Gasteiger charge is -2.14. The van der Waals surface area contributed by atoms with Crippen LogP contribution < -0.4 is 10.2 Å². The predicted molar refractivity (Wildman–Crippen MR) is 107 cm³/mol. The molecule has 1 saturated heterocycles. The number of hydrogen-bond donors (Lipinski definition) is 1. The monoisotopic (exact) mass is 353 g/mol. The molecule has 1 aliphatic rings. The molecule has 1 aromatic heterocycles. The minimum absolute atomic E-state index is 0.122. The van der Waals surface area contributed by atoms with Crippen molar-refractivity contribution in [2.75, 3.05) is 4.90 Å². The summed E-state index contributed by atoms with van der Waals surface area (Å²) in [5.74, 6) is -0.122. The predicted octanol–water partition coefficient (Wildman–Crippen LogP) is 4.26. The van der Waals surface area contributed by atoms with E-state index in [1.807, 2.05) is 37.3 Å². The number of carbonyl (C=O) groups excluding carboxylic acids is 1. The van der Waals surface area contributed by atoms with Crippen molar-refractivity contribution in [2.45, 2.75) is 40.7 Å². The van der Waals surface area contributed by atoms with Gasteiger partial charge in [0.15, 0.2) is 5.11 Å². The molecule has 1 amide bonds. The van der Waals surface area contributed by atoms with E-state index in [-0.39, 0.29) is 5.91 Å². The first-order valence-electron chi connectivity index (χ1n) is 8.42. The van der Waals surface area contributed by atoms with Crippen LogP contribution in [-0.2, 0) is 4.79 Å². The number of carbonyl (C=O) groups is 1. The molecule has 5 heteroatoms. The molecule has 0 unspecified atom stereocenters. The van der Waals surface area contributed by atoms with Crippen LogP contribution in [0.5, 0.6) is 0 Å². The largest absolute Gasteiger partial charge is 0.346 e. The van der Waals surface area contributed by atoms with E-state index in [0.29, 0.717) is 16.9 Å². The third-order valence-electron chi connectivity index (χ3n) is 4.51. The van der Waals surface area contributed by atoms with Gasteiger partial charge in [-0.25, -0.2) is 0 Å². The minimum atomic E-state index is -0.122. The van der Waals surface area contributed by atoms with E-state index >= 15 is 0 Å². The molecule has 0 radical (unpaired) electrons. The highest BCUT2D eigenvalue weighted by atomic mass is 32.1. The second kappa shape index (κ2) is 6.48. The Hall–Kier alpha value is -2.40. The van der Waals surface area contributed by atoms with E-state index in [4.69, 9.17) is 12.2 Å². The number of thiocarbonyl (C=S) groups is 1. The maximum atomic E-state index is 12.8. The lowest BCUT2D eigenvalue weighted by atomic mass is 10.2. The molecular formula is C20H23N3OS. The van der Waals surface area contributed by atoms with Gasteiger partial charge >= 0.3 is 0 Å². The number of rotatable bonds is 3. The van der Waals surface area contributed by atoms with Crippen LogP contribution in [0.3, 0.4) is 0 Å². The average molecular weight is 353 g/mol. The lowest BCUT2D eigenvalue weighted by molar-refractivity contribution is -0.113. The van der Waals surface area contributed by atoms with Crippen LogP contribution in [-0.4, -0.2) is 15.6 Å². The van der Waals surface area contributed by atoms with Gasteiger partial charge in [0.2, 0.25) is 0 Å². The number of aryl methyl sites for hydroxylation is 2. The van der Waals surface area contributed by atoms with Crippen LogP contribution >= 0.6 is 12.2 Å². The lowest BCUT2D eigenvalue weighted by Crippen LogP contribution is -2.30. The number of nitrogens with zero attached hydrogens (tertiary/aromatic N) is 2. The van der Waals surface area contributed by atoms with Crippen LogP contribution in [0.25, 0.3) is 6.08 Å². The van der Waals surface area contributed by atoms with Crippen molar-refractivity contribution in [1.29, 1.82) is 0 Å². The zero-order valence-corrected chi connectivity index (χ0v) is 16.1. The van der Waals surface area contributed by atoms with Crippen molar-refractivity contribution in [1.82, 2.24) is 9.88 Å². The molecule has 1 N–H and O–H groups in total. The van der Waals surface area contributed by atoms with Gasteiger partial charge in [0.1, 0.15) is 5.70 Å². The zero-order valence-electron chi connectivity index (χ0n) is 15.3. The van der Waals surface area contributed by atoms with Crippen molar-refractivity contribution >= 4 is 35.0 Å². The fourth-order valence-electron chi connectivity index (χ4n) is 3.36. The molecule has 2 aromatic rings. The molecule has 25 heavy (non-hydrogen) atoms. The van der Waals surface area contributed by atoms with E-state index in [9.17, 15) is 4.79 Å². The molecule has 0 aliphatic carbocycles. The fraction of sp³-hybridized carbons (Fsp3) is 0.300. The third-order valence-corrected chi connectivity index (χ3v) is 4.79. The van der Waals surface area contributed by atoms with Gasteiger partial charge in [-0.05, 0) is 76.7 Å². The van der Waals surface area contributed by atoms with Gasteiger partial charge in [0.05, 0.1) is 5.69 Å². The van der Waals surface area contributed by atoms with Gasteiger partial charge in [-0.15, -0.1) is 0 Å². The summed E-state index contributed by atoms with van der Waals surface area (Å²) < 4.78 is 2.27. The topological polar surface area (TPSA) is 37.3 Å². The van der Waals surface area contributed by atoms with Crippen molar-refractivity contribution in [2.24, 2.45) is 0 Å². The molecule has 1 aliphatic heterocycles. The number of aromatic nitrogens is 1. The van der Waals surface area contributed by atoms with Crippen LogP contribution in [0, 0.1) is 20.8 Å². The summed E-state index contributed by atoms with van der Waals surface area (Å²) in [6.07, 6.45) is 1.89. The van der Waals surface area contributed by atoms with E-state index in [1.165, 1.54) is 5.69 Å². The Labute approximate surface area is 154 Å². The van der Waals surface area contributed by atoms with E-state index in [0.717, 1.165) is 22.5 Å². The smallest absolute Gasteiger partial charge is 0.281 e. The van der Waals surface area contributed by atoms with Gasteiger partial charge in [-0.3, -0.25) is 9.69 Å². The molecule has 0 spiro atoms. The van der Waals surface area contributed by atoms with Crippen molar-refractivity contribution in [3.05, 3.63) is 58.5 Å². The zero-order chi connectivity index (χ0) is 18.3. The van der Waals surface area contributed by atoms with Crippen LogP contribution in [0.1, 0.15) is 42.4 Å². The summed E-state index contributed by atoms with van der Waals surface area (Å²) in [4.78, 5) is 14.4. The normalized spacial score (nSPS) is 16.2. The Kier molecular flexibility index (Phi) is 4.52. The van der Waals surface area contributed by atoms with Crippen molar-refractivity contribution in [3.63, 3.8) is 0 Å². The molecule has 0 atom stereocenters. The third kappa shape index (κ3) is 3.12. The molecule has 130 valence electrons. The van der Waals surface area contributed by atoms with Crippen molar-refractivity contribution in [3.8, 4) is 0 Å². The molecular weight excluding hydrogens is 330 g/mol. The number of nitrogens with one attached hydrogen (secondary N) is 1. The summed E-state index contributed by atoms with van der Waals surface area (Å²) in [5, 5.41) is 3.47. The van der Waals surface area contributed by atoms with Crippen LogP contribution in [0.15, 0.2) is 36.0 Å². The Morgan fingerprint density at radius 1 is 1.12 bits per heavy atom. The number of amides is 1. The summed E-state index contributed by atoms with van der Waals surface area (Å²) in [5.41, 5.74) is 5.80. The molecule has 3 rings (SSSR count). The first-order valence-corrected chi connectivity index (χ1v) is 8.82. The number of anilines is 1. The maximum absolute atomic E-state index is 12.8. The van der Waals surface area contributed by atoms with Gasteiger partial charge in [-0.2, -0.15) is 0 Å². The Morgan fingerprint density at radius 2 is 1.76 bits per heavy atom. The minimum Gasteiger partial charge on any atom is -0.346 e. The number of benzene rings is 1. The Morgan fingerprint density at radius 3 is 2.32 bits per heavy atom. The van der Waals surface area contributed by atoms with E-state index in [2.05, 4.69) is 43.6 Å². The SMILES string of the molecule is Cc1ccc(N2C(=O)/C(=C/c3cc(C)n(C(C)C)c3C)NC2=S)cc1. The second-order valence-electron chi connectivity index (χ2n) is 6.75. The van der Waals surface area contributed by atoms with E-state index in [1.54, 1.807) is 4.90 Å². The van der Waals surface area contributed by atoms with Gasteiger partial charge in [-0.1, -0.05) is 17.7 Å². The van der Waals surface area contributed by atoms with Gasteiger partial charge in [0.25, 0.3) is 5.91 Å². The Balaban J connectivity index is 1.96. The highest BCUT2D eigenvalue weighted by molar-refractivity contribution is 7.80. The molecule has 2 heterocycles. The van der Waals surface area contributed by atoms with Gasteiger partial charge < -0.3 is 9.88 Å². The highest BCUT2D eigenvalue weighted by Gasteiger charge is 2.32. The number of hydrogen-bond acceptors (Lipinski definition) is 2. The fourth-order valence-corrected chi connectivity index (χ4v) is 3.66. The summed E-state index contributed by atoms with van der Waals surface area (Å²) in [6, 6.07) is 10.3. The van der Waals surface area contributed by atoms with Crippen LogP contribution in [0.4, 0.5) is 5.69 Å². The molecule has 0 bridgehead atoms. The standard InChI is InChI=1S/C20H23N3OS/c1-12(2)22-14(4)10-16(15(22)5)11-18-19(24)23(20(25)21-18)17-8-6-13(3)7-9-17/h6-12H,1-5H3,(H,21,25)/b18-11-. The molecule has 1 fully saturated rings. The van der Waals surface area contributed by atoms with Crippen molar-refractivity contribution < 1.29 is 4.79 Å². The molecule has 4 nitrogen and oxygen atoms in total. The average Bonchev–Trinajstić information content (AvgIpc) is 2.97. The summed E-state index contributed by atoms with van der Waals surface area (Å²) in [7, 11) is 0. The quantitative estimate of drug-likeness (QED) is 0.662. The van der Waals surface area contributed by atoms with Crippen LogP contribution in [0.2, 0.25) is 0 Å². The Bertz CT molecular complexity index is 875. The summed E-state index contributed by atoms with van der Waals surface area (Å²) >= 11 is 5.38. The maximum Gasteiger partial charge on any atom is 0.281 e. The summed E-state index contributed by atoms with van der Waals surface area (Å²) in [6.45, 7) is 10.5. The first-order chi connectivity index (χ1) is 11.8. The first kappa shape index (κ1) is 17.4. The van der Waals surface area contributed by atoms with E-state index < -0.39 is 0 Å².